The third kappa shape index (κ3) is 18.3. The fourth-order valence-electron chi connectivity index (χ4n) is 2.01. The number of hydrogen-bond donors (Lipinski definition) is 2. The first-order valence-corrected chi connectivity index (χ1v) is 9.79. The van der Waals surface area contributed by atoms with Crippen LogP contribution in [0.2, 0.25) is 0 Å². The summed E-state index contributed by atoms with van der Waals surface area (Å²) >= 11 is 0. The largest absolute Gasteiger partial charge is 0.502 e. The van der Waals surface area contributed by atoms with Gasteiger partial charge < -0.3 is 29.6 Å². The highest BCUT2D eigenvalue weighted by Gasteiger charge is 2.12. The summed E-state index contributed by atoms with van der Waals surface area (Å²) in [5.74, 6) is -2.27. The van der Waals surface area contributed by atoms with Gasteiger partial charge in [0.25, 0.3) is 0 Å². The molecule has 0 heterocycles. The second-order valence-corrected chi connectivity index (χ2v) is 5.98. The van der Waals surface area contributed by atoms with Crippen LogP contribution in [0.5, 0.6) is 0 Å². The van der Waals surface area contributed by atoms with Crippen molar-refractivity contribution in [2.75, 3.05) is 39.5 Å². The smallest absolute Gasteiger partial charge is 0.315 e. The van der Waals surface area contributed by atoms with E-state index in [1.54, 1.807) is 0 Å². The Morgan fingerprint density at radius 2 is 1.00 bits per heavy atom. The van der Waals surface area contributed by atoms with Gasteiger partial charge in [0, 0.05) is 13.1 Å². The Bertz CT molecular complexity index is 503. The van der Waals surface area contributed by atoms with Gasteiger partial charge in [-0.05, 0) is 25.7 Å². The van der Waals surface area contributed by atoms with E-state index in [0.717, 1.165) is 0 Å². The van der Waals surface area contributed by atoms with Gasteiger partial charge in [-0.1, -0.05) is 13.2 Å². The van der Waals surface area contributed by atoms with E-state index < -0.39 is 36.6 Å². The summed E-state index contributed by atoms with van der Waals surface area (Å²) in [5.41, 5.74) is 0. The summed E-state index contributed by atoms with van der Waals surface area (Å²) in [5, 5.41) is 4.96. The predicted octanol–water partition coefficient (Wildman–Crippen LogP) is 0.966. The van der Waals surface area contributed by atoms with Gasteiger partial charge in [-0.25, -0.2) is 0 Å². The Labute approximate surface area is 176 Å². The van der Waals surface area contributed by atoms with E-state index in [1.807, 2.05) is 0 Å². The van der Waals surface area contributed by atoms with Crippen molar-refractivity contribution in [1.29, 1.82) is 0 Å². The first kappa shape index (κ1) is 27.0. The second kappa shape index (κ2) is 19.3. The van der Waals surface area contributed by atoms with E-state index in [1.165, 1.54) is 12.5 Å². The monoisotopic (exact) mass is 428 g/mol. The van der Waals surface area contributed by atoms with E-state index in [4.69, 9.17) is 18.9 Å². The molecule has 0 aromatic carbocycles. The fourth-order valence-corrected chi connectivity index (χ4v) is 2.01. The Morgan fingerprint density at radius 3 is 1.37 bits per heavy atom. The second-order valence-electron chi connectivity index (χ2n) is 5.98. The number of unbranched alkanes of at least 4 members (excludes halogenated alkanes) is 2. The first-order chi connectivity index (χ1) is 14.5. The Balaban J connectivity index is 3.63. The van der Waals surface area contributed by atoms with E-state index in [0.29, 0.717) is 38.9 Å². The van der Waals surface area contributed by atoms with Crippen LogP contribution >= 0.6 is 0 Å². The Morgan fingerprint density at radius 1 is 0.633 bits per heavy atom. The van der Waals surface area contributed by atoms with Crippen molar-refractivity contribution in [3.8, 4) is 0 Å². The lowest BCUT2D eigenvalue weighted by molar-refractivity contribution is -0.148. The highest BCUT2D eigenvalue weighted by atomic mass is 16.5. The van der Waals surface area contributed by atoms with Crippen molar-refractivity contribution in [2.24, 2.45) is 0 Å². The Hall–Kier alpha value is -3.04. The fraction of sp³-hybridized carbons (Fsp3) is 0.600. The minimum absolute atomic E-state index is 0.120. The number of carbonyl (C=O) groups excluding carboxylic acids is 4. The maximum Gasteiger partial charge on any atom is 0.315 e. The maximum atomic E-state index is 11.6. The summed E-state index contributed by atoms with van der Waals surface area (Å²) in [7, 11) is 0. The zero-order valence-corrected chi connectivity index (χ0v) is 17.3. The van der Waals surface area contributed by atoms with Gasteiger partial charge in [0.1, 0.15) is 12.8 Å². The summed E-state index contributed by atoms with van der Waals surface area (Å²) in [4.78, 5) is 46.2. The van der Waals surface area contributed by atoms with Crippen molar-refractivity contribution < 1.29 is 38.1 Å². The molecule has 2 amide bonds. The van der Waals surface area contributed by atoms with E-state index in [9.17, 15) is 19.2 Å². The summed E-state index contributed by atoms with van der Waals surface area (Å²) in [6, 6.07) is 0. The number of hydrogen-bond acceptors (Lipinski definition) is 8. The van der Waals surface area contributed by atoms with Crippen molar-refractivity contribution in [3.05, 3.63) is 25.7 Å². The maximum absolute atomic E-state index is 11.6. The minimum Gasteiger partial charge on any atom is -0.502 e. The van der Waals surface area contributed by atoms with Gasteiger partial charge in [-0.15, -0.1) is 0 Å². The number of carbonyl (C=O) groups is 4. The van der Waals surface area contributed by atoms with Crippen LogP contribution in [-0.2, 0) is 38.1 Å². The van der Waals surface area contributed by atoms with Crippen LogP contribution < -0.4 is 10.6 Å². The molecular weight excluding hydrogens is 396 g/mol. The van der Waals surface area contributed by atoms with Crippen LogP contribution in [-0.4, -0.2) is 63.3 Å². The van der Waals surface area contributed by atoms with Crippen molar-refractivity contribution in [1.82, 2.24) is 10.6 Å². The van der Waals surface area contributed by atoms with Gasteiger partial charge in [-0.2, -0.15) is 0 Å². The first-order valence-electron chi connectivity index (χ1n) is 9.79. The van der Waals surface area contributed by atoms with Gasteiger partial charge in [0.2, 0.25) is 11.8 Å². The molecule has 10 nitrogen and oxygen atoms in total. The third-order valence-corrected chi connectivity index (χ3v) is 3.45. The van der Waals surface area contributed by atoms with Crippen LogP contribution in [0.25, 0.3) is 0 Å². The highest BCUT2D eigenvalue weighted by Crippen LogP contribution is 1.95. The zero-order chi connectivity index (χ0) is 22.5. The van der Waals surface area contributed by atoms with Crippen LogP contribution in [0, 0.1) is 0 Å². The third-order valence-electron chi connectivity index (χ3n) is 3.45. The number of nitrogens with one attached hydrogen (secondary N) is 2. The molecule has 0 aliphatic heterocycles. The van der Waals surface area contributed by atoms with Gasteiger partial charge >= 0.3 is 11.9 Å². The molecule has 2 N–H and O–H groups in total. The lowest BCUT2D eigenvalue weighted by Gasteiger charge is -2.08. The Kier molecular flexibility index (Phi) is 17.3. The topological polar surface area (TPSA) is 129 Å². The van der Waals surface area contributed by atoms with Crippen molar-refractivity contribution in [3.63, 3.8) is 0 Å². The lowest BCUT2D eigenvalue weighted by Crippen LogP contribution is -2.36. The van der Waals surface area contributed by atoms with Crippen LogP contribution in [0.4, 0.5) is 0 Å². The van der Waals surface area contributed by atoms with E-state index >= 15 is 0 Å². The minimum atomic E-state index is -0.625. The molecule has 0 rings (SSSR count). The summed E-state index contributed by atoms with van der Waals surface area (Å²) in [6.45, 7) is 8.48. The number of ether oxygens (including phenoxy) is 4. The van der Waals surface area contributed by atoms with Crippen LogP contribution in [0.3, 0.4) is 0 Å². The molecule has 10 heteroatoms. The average molecular weight is 428 g/mol. The molecule has 0 aromatic heterocycles. The molecule has 0 aliphatic carbocycles. The molecule has 0 saturated heterocycles. The number of rotatable bonds is 19. The molecule has 170 valence electrons. The molecule has 0 spiro atoms. The summed E-state index contributed by atoms with van der Waals surface area (Å²) in [6.07, 6.45) is 4.55. The van der Waals surface area contributed by atoms with Crippen molar-refractivity contribution in [2.45, 2.75) is 38.5 Å². The predicted molar refractivity (Wildman–Crippen MR) is 108 cm³/mol. The number of amides is 2. The lowest BCUT2D eigenvalue weighted by atomic mass is 10.3. The van der Waals surface area contributed by atoms with Crippen LogP contribution in [0.1, 0.15) is 38.5 Å². The molecule has 0 bridgehead atoms. The van der Waals surface area contributed by atoms with Crippen molar-refractivity contribution >= 4 is 23.8 Å². The molecular formula is C20H32N2O8. The summed E-state index contributed by atoms with van der Waals surface area (Å²) < 4.78 is 19.7. The van der Waals surface area contributed by atoms with Crippen LogP contribution in [0.15, 0.2) is 25.7 Å². The normalized spacial score (nSPS) is 9.73. The molecule has 0 fully saturated rings. The molecule has 0 aromatic rings. The quantitative estimate of drug-likeness (QED) is 0.135. The standard InChI is InChI=1S/C20H32N2O8/c1-3-27-11-5-7-13-29-19(25)15-17(23)21-9-10-22-18(24)16-20(26)30-14-8-6-12-28-4-2/h3-4H,1-2,5-16H2,(H,21,23)(H,22,24). The molecule has 30 heavy (non-hydrogen) atoms. The molecule has 0 aliphatic rings. The SMILES string of the molecule is C=COCCCCOC(=O)CC(=O)NCCNC(=O)CC(=O)OCCCCOC=C. The van der Waals surface area contributed by atoms with Gasteiger partial charge in [-0.3, -0.25) is 19.2 Å². The van der Waals surface area contributed by atoms with Gasteiger partial charge in [0.05, 0.1) is 39.0 Å². The highest BCUT2D eigenvalue weighted by molar-refractivity contribution is 5.95. The zero-order valence-electron chi connectivity index (χ0n) is 17.3. The van der Waals surface area contributed by atoms with E-state index in [2.05, 4.69) is 23.8 Å². The molecule has 0 saturated carbocycles. The van der Waals surface area contributed by atoms with E-state index in [-0.39, 0.29) is 26.3 Å². The molecule has 0 radical (unpaired) electrons. The number of esters is 2. The van der Waals surface area contributed by atoms with Gasteiger partial charge in [0.15, 0.2) is 0 Å². The molecule has 0 atom stereocenters. The molecule has 0 unspecified atom stereocenters. The average Bonchev–Trinajstić information content (AvgIpc) is 2.70.